The molecule has 0 bridgehead atoms. The maximum atomic E-state index is 8.43. The highest BCUT2D eigenvalue weighted by Crippen LogP contribution is 2.12. The number of furan rings is 1. The molecule has 0 saturated heterocycles. The van der Waals surface area contributed by atoms with Gasteiger partial charge >= 0.3 is 0 Å². The summed E-state index contributed by atoms with van der Waals surface area (Å²) in [7, 11) is 0. The second kappa shape index (κ2) is 6.84. The molecule has 1 aromatic rings. The van der Waals surface area contributed by atoms with Crippen molar-refractivity contribution < 1.29 is 14.3 Å². The van der Waals surface area contributed by atoms with E-state index in [1.807, 2.05) is 6.07 Å². The summed E-state index contributed by atoms with van der Waals surface area (Å²) in [5, 5.41) is 11.9. The van der Waals surface area contributed by atoms with Crippen LogP contribution in [0.4, 0.5) is 0 Å². The lowest BCUT2D eigenvalue weighted by Crippen LogP contribution is -2.19. The Kier molecular flexibility index (Phi) is 5.63. The van der Waals surface area contributed by atoms with Crippen molar-refractivity contribution in [1.29, 1.82) is 0 Å². The van der Waals surface area contributed by atoms with E-state index in [1.165, 1.54) is 0 Å². The van der Waals surface area contributed by atoms with Crippen LogP contribution in [0.2, 0.25) is 5.22 Å². The van der Waals surface area contributed by atoms with Crippen LogP contribution in [-0.4, -0.2) is 31.5 Å². The molecule has 0 unspecified atom stereocenters. The molecular weight excluding hydrogens is 206 g/mol. The molecule has 0 atom stereocenters. The monoisotopic (exact) mass is 219 g/mol. The lowest BCUT2D eigenvalue weighted by atomic mass is 10.4. The van der Waals surface area contributed by atoms with Crippen LogP contribution >= 0.6 is 11.6 Å². The molecule has 1 heterocycles. The van der Waals surface area contributed by atoms with E-state index < -0.39 is 0 Å². The van der Waals surface area contributed by atoms with Gasteiger partial charge in [-0.1, -0.05) is 0 Å². The van der Waals surface area contributed by atoms with Crippen LogP contribution in [0.15, 0.2) is 16.5 Å². The predicted molar refractivity (Wildman–Crippen MR) is 53.3 cm³/mol. The molecule has 80 valence electrons. The highest BCUT2D eigenvalue weighted by atomic mass is 35.5. The van der Waals surface area contributed by atoms with Crippen LogP contribution in [0, 0.1) is 0 Å². The standard InChI is InChI=1S/C9H14ClNO3/c10-9-2-1-8(14-9)7-11-3-5-13-6-4-12/h1-2,11-12H,3-7H2. The zero-order valence-corrected chi connectivity index (χ0v) is 8.59. The number of halogens is 1. The van der Waals surface area contributed by atoms with E-state index in [9.17, 15) is 0 Å². The summed E-state index contributed by atoms with van der Waals surface area (Å²) in [6.45, 7) is 2.38. The van der Waals surface area contributed by atoms with Gasteiger partial charge in [0.25, 0.3) is 0 Å². The molecule has 1 aromatic heterocycles. The minimum absolute atomic E-state index is 0.0633. The van der Waals surface area contributed by atoms with Gasteiger partial charge in [0.15, 0.2) is 5.22 Å². The van der Waals surface area contributed by atoms with E-state index in [2.05, 4.69) is 5.32 Å². The third kappa shape index (κ3) is 4.62. The van der Waals surface area contributed by atoms with Gasteiger partial charge in [0.2, 0.25) is 0 Å². The van der Waals surface area contributed by atoms with Gasteiger partial charge in [-0.2, -0.15) is 0 Å². The normalized spacial score (nSPS) is 10.7. The van der Waals surface area contributed by atoms with Gasteiger partial charge in [0, 0.05) is 6.54 Å². The first kappa shape index (κ1) is 11.5. The third-order valence-corrected chi connectivity index (χ3v) is 1.79. The molecule has 0 fully saturated rings. The largest absolute Gasteiger partial charge is 0.448 e. The third-order valence-electron chi connectivity index (χ3n) is 1.59. The summed E-state index contributed by atoms with van der Waals surface area (Å²) < 4.78 is 10.2. The van der Waals surface area contributed by atoms with Gasteiger partial charge in [-0.15, -0.1) is 0 Å². The molecule has 5 heteroatoms. The summed E-state index contributed by atoms with van der Waals surface area (Å²) in [5.74, 6) is 0.803. The summed E-state index contributed by atoms with van der Waals surface area (Å²) in [6, 6.07) is 3.53. The summed E-state index contributed by atoms with van der Waals surface area (Å²) in [5.41, 5.74) is 0. The van der Waals surface area contributed by atoms with Crippen LogP contribution in [-0.2, 0) is 11.3 Å². The van der Waals surface area contributed by atoms with Crippen molar-refractivity contribution in [2.75, 3.05) is 26.4 Å². The quantitative estimate of drug-likeness (QED) is 0.673. The van der Waals surface area contributed by atoms with E-state index in [-0.39, 0.29) is 6.61 Å². The molecule has 14 heavy (non-hydrogen) atoms. The molecular formula is C9H14ClNO3. The molecule has 0 aliphatic heterocycles. The van der Waals surface area contributed by atoms with Crippen LogP contribution in [0.25, 0.3) is 0 Å². The Morgan fingerprint density at radius 3 is 2.93 bits per heavy atom. The average Bonchev–Trinajstić information content (AvgIpc) is 2.58. The highest BCUT2D eigenvalue weighted by molar-refractivity contribution is 6.28. The number of nitrogens with one attached hydrogen (secondary N) is 1. The van der Waals surface area contributed by atoms with Crippen LogP contribution in [0.3, 0.4) is 0 Å². The number of rotatable bonds is 7. The summed E-state index contributed by atoms with van der Waals surface area (Å²) in [6.07, 6.45) is 0. The second-order valence-electron chi connectivity index (χ2n) is 2.72. The molecule has 0 amide bonds. The Hall–Kier alpha value is -0.550. The molecule has 0 aliphatic rings. The molecule has 0 spiro atoms. The molecule has 2 N–H and O–H groups in total. The van der Waals surface area contributed by atoms with Crippen molar-refractivity contribution in [3.05, 3.63) is 23.1 Å². The van der Waals surface area contributed by atoms with Crippen molar-refractivity contribution in [3.63, 3.8) is 0 Å². The number of hydrogen-bond acceptors (Lipinski definition) is 4. The van der Waals surface area contributed by atoms with Crippen molar-refractivity contribution >= 4 is 11.6 Å². The highest BCUT2D eigenvalue weighted by Gasteiger charge is 1.97. The average molecular weight is 220 g/mol. The topological polar surface area (TPSA) is 54.6 Å². The Labute approximate surface area is 87.8 Å². The number of hydrogen-bond donors (Lipinski definition) is 2. The second-order valence-corrected chi connectivity index (χ2v) is 3.09. The van der Waals surface area contributed by atoms with Crippen molar-refractivity contribution in [2.24, 2.45) is 0 Å². The van der Waals surface area contributed by atoms with Crippen LogP contribution in [0.1, 0.15) is 5.76 Å². The van der Waals surface area contributed by atoms with Gasteiger partial charge in [0.05, 0.1) is 26.4 Å². The van der Waals surface area contributed by atoms with E-state index in [1.54, 1.807) is 6.07 Å². The Morgan fingerprint density at radius 1 is 1.43 bits per heavy atom. The fourth-order valence-electron chi connectivity index (χ4n) is 0.969. The SMILES string of the molecule is OCCOCCNCc1ccc(Cl)o1. The summed E-state index contributed by atoms with van der Waals surface area (Å²) in [4.78, 5) is 0. The van der Waals surface area contributed by atoms with Gasteiger partial charge in [-0.25, -0.2) is 0 Å². The van der Waals surface area contributed by atoms with Gasteiger partial charge in [0.1, 0.15) is 5.76 Å². The molecule has 0 radical (unpaired) electrons. The van der Waals surface area contributed by atoms with Crippen LogP contribution < -0.4 is 5.32 Å². The van der Waals surface area contributed by atoms with Crippen LogP contribution in [0.5, 0.6) is 0 Å². The molecule has 0 aliphatic carbocycles. The van der Waals surface area contributed by atoms with Crippen molar-refractivity contribution in [1.82, 2.24) is 5.32 Å². The fourth-order valence-corrected chi connectivity index (χ4v) is 1.13. The molecule has 0 aromatic carbocycles. The molecule has 4 nitrogen and oxygen atoms in total. The minimum atomic E-state index is 0.0633. The summed E-state index contributed by atoms with van der Waals surface area (Å²) >= 11 is 5.59. The van der Waals surface area contributed by atoms with Gasteiger partial charge < -0.3 is 19.6 Å². The van der Waals surface area contributed by atoms with Crippen molar-refractivity contribution in [2.45, 2.75) is 6.54 Å². The Balaban J connectivity index is 1.99. The zero-order valence-electron chi connectivity index (χ0n) is 7.83. The maximum Gasteiger partial charge on any atom is 0.193 e. The predicted octanol–water partition coefficient (Wildman–Crippen LogP) is 1.03. The first-order valence-corrected chi connectivity index (χ1v) is 4.84. The van der Waals surface area contributed by atoms with E-state index in [0.29, 0.717) is 25.0 Å². The first-order chi connectivity index (χ1) is 6.83. The van der Waals surface area contributed by atoms with Gasteiger partial charge in [-0.05, 0) is 23.7 Å². The first-order valence-electron chi connectivity index (χ1n) is 4.46. The maximum absolute atomic E-state index is 8.43. The van der Waals surface area contributed by atoms with Gasteiger partial charge in [-0.3, -0.25) is 0 Å². The Morgan fingerprint density at radius 2 is 2.29 bits per heavy atom. The van der Waals surface area contributed by atoms with E-state index in [4.69, 9.17) is 25.9 Å². The van der Waals surface area contributed by atoms with E-state index in [0.717, 1.165) is 12.3 Å². The minimum Gasteiger partial charge on any atom is -0.448 e. The number of ether oxygens (including phenoxy) is 1. The smallest absolute Gasteiger partial charge is 0.193 e. The van der Waals surface area contributed by atoms with E-state index >= 15 is 0 Å². The fraction of sp³-hybridized carbons (Fsp3) is 0.556. The lowest BCUT2D eigenvalue weighted by Gasteiger charge is -2.02. The van der Waals surface area contributed by atoms with Crippen molar-refractivity contribution in [3.8, 4) is 0 Å². The molecule has 0 saturated carbocycles. The zero-order chi connectivity index (χ0) is 10.2. The number of aliphatic hydroxyl groups is 1. The Bertz CT molecular complexity index is 252. The molecule has 1 rings (SSSR count). The number of aliphatic hydroxyl groups excluding tert-OH is 1. The lowest BCUT2D eigenvalue weighted by molar-refractivity contribution is 0.0936.